The highest BCUT2D eigenvalue weighted by molar-refractivity contribution is 6.18. The summed E-state index contributed by atoms with van der Waals surface area (Å²) >= 11 is 11.3. The van der Waals surface area contributed by atoms with E-state index in [4.69, 9.17) is 73.3 Å². The normalized spacial score (nSPS) is 10.8. The van der Waals surface area contributed by atoms with E-state index in [1.54, 1.807) is 91.0 Å². The summed E-state index contributed by atoms with van der Waals surface area (Å²) < 4.78 is 34.2. The summed E-state index contributed by atoms with van der Waals surface area (Å²) in [4.78, 5) is 50.4. The number of anilines is 2. The van der Waals surface area contributed by atoms with E-state index in [9.17, 15) is 29.4 Å². The van der Waals surface area contributed by atoms with Crippen molar-refractivity contribution < 1.29 is 57.2 Å². The fraction of sp³-hybridized carbons (Fsp3) is 0.354. The van der Waals surface area contributed by atoms with Crippen molar-refractivity contribution >= 4 is 80.3 Å². The molecule has 20 heteroatoms. The molecule has 0 bridgehead atoms. The molecule has 0 unspecified atom stereocenters. The summed E-state index contributed by atoms with van der Waals surface area (Å²) in [5.41, 5.74) is 17.6. The van der Waals surface area contributed by atoms with Gasteiger partial charge in [-0.3, -0.25) is 9.59 Å². The van der Waals surface area contributed by atoms with Gasteiger partial charge < -0.3 is 70.9 Å². The Kier molecular flexibility index (Phi) is 29.1. The minimum absolute atomic E-state index is 0. The summed E-state index contributed by atoms with van der Waals surface area (Å²) in [5, 5.41) is 43.5. The molecule has 4 aromatic carbocycles. The maximum absolute atomic E-state index is 13.0. The van der Waals surface area contributed by atoms with Crippen LogP contribution in [0.1, 0.15) is 115 Å². The number of nitrogen functional groups attached to an aromatic ring is 2. The van der Waals surface area contributed by atoms with Crippen molar-refractivity contribution in [2.45, 2.75) is 73.6 Å². The molecule has 85 heavy (non-hydrogen) atoms. The average molecular weight is 1210 g/mol. The van der Waals surface area contributed by atoms with Gasteiger partial charge in [0, 0.05) is 118 Å². The third-order valence-corrected chi connectivity index (χ3v) is 13.7. The molecule has 2 amide bonds. The average Bonchev–Trinajstić information content (AvgIpc) is 1.08. The van der Waals surface area contributed by atoms with Crippen molar-refractivity contribution in [1.82, 2.24) is 10.6 Å². The van der Waals surface area contributed by atoms with Crippen LogP contribution >= 0.6 is 23.2 Å². The number of ether oxygens (including phenoxy) is 4. The Bertz CT molecular complexity index is 3530. The molecule has 0 saturated carbocycles. The standard InChI is InChI=1S/2C31H34ClN3O6.3CH4/c32-11-3-1-2-4-13-39-15-16-40-14-12-35-30(36)20-5-8-23(31(37)38)26(17-20)29-24-9-6-21(33)18-27(24)41-28-19-22(34)7-10-25(28)29;32-11-3-1-2-4-13-39-15-16-40-14-12-35-30(36)20-5-8-23(26(17-20)31(37)38)29-24-9-6-21(33)18-27(24)41-28-19-22(34)7-10-25(28)29;;;/h2*5-10,17-19,33H,1-4,11-16,34H2,(H,35,36)(H,37,38);3*1H4. The number of hydrogen-bond donors (Lipinski definition) is 8. The zero-order valence-corrected chi connectivity index (χ0v) is 46.9. The number of carbonyl (C=O) groups excluding carboxylic acids is 2. The minimum Gasteiger partial charge on any atom is -0.478 e. The molecule has 0 saturated heterocycles. The molecule has 18 nitrogen and oxygen atoms in total. The van der Waals surface area contributed by atoms with E-state index < -0.39 is 17.8 Å². The number of aromatic carboxylic acids is 2. The number of amides is 2. The predicted octanol–water partition coefficient (Wildman–Crippen LogP) is 13.0. The molecule has 0 spiro atoms. The Labute approximate surface area is 506 Å². The highest BCUT2D eigenvalue weighted by Gasteiger charge is 2.25. The summed E-state index contributed by atoms with van der Waals surface area (Å²) in [6.07, 6.45) is 8.47. The lowest BCUT2D eigenvalue weighted by atomic mass is 9.89. The molecule has 4 aliphatic rings. The Morgan fingerprint density at radius 1 is 0.447 bits per heavy atom. The molecule has 0 aromatic heterocycles. The first-order valence-electron chi connectivity index (χ1n) is 27.1. The second-order valence-corrected chi connectivity index (χ2v) is 19.9. The Morgan fingerprint density at radius 2 is 0.859 bits per heavy atom. The molecule has 2 aliphatic carbocycles. The van der Waals surface area contributed by atoms with Gasteiger partial charge in [-0.2, -0.15) is 0 Å². The lowest BCUT2D eigenvalue weighted by Gasteiger charge is -2.18. The highest BCUT2D eigenvalue weighted by atomic mass is 35.5. The van der Waals surface area contributed by atoms with Gasteiger partial charge in [0.05, 0.1) is 61.5 Å². The molecule has 0 fully saturated rings. The van der Waals surface area contributed by atoms with Crippen LogP contribution in [0.3, 0.4) is 0 Å². The number of nitrogens with one attached hydrogen (secondary N) is 4. The zero-order chi connectivity index (χ0) is 58.4. The zero-order valence-electron chi connectivity index (χ0n) is 45.4. The quantitative estimate of drug-likeness (QED) is 0.00899. The number of carboxylic acid groups (broad SMARTS) is 2. The van der Waals surface area contributed by atoms with E-state index in [0.717, 1.165) is 51.4 Å². The van der Waals surface area contributed by atoms with E-state index in [-0.39, 0.29) is 68.7 Å². The van der Waals surface area contributed by atoms with Crippen LogP contribution in [0, 0.1) is 10.8 Å². The van der Waals surface area contributed by atoms with Crippen LogP contribution in [-0.4, -0.2) is 112 Å². The Morgan fingerprint density at radius 3 is 1.32 bits per heavy atom. The molecule has 0 radical (unpaired) electrons. The van der Waals surface area contributed by atoms with Crippen molar-refractivity contribution in [3.63, 3.8) is 0 Å². The number of unbranched alkanes of at least 4 members (excludes halogenated alkanes) is 6. The van der Waals surface area contributed by atoms with Crippen molar-refractivity contribution in [3.8, 4) is 44.9 Å². The van der Waals surface area contributed by atoms with E-state index in [1.807, 2.05) is 0 Å². The molecule has 4 aromatic rings. The number of alkyl halides is 2. The maximum atomic E-state index is 13.0. The van der Waals surface area contributed by atoms with Crippen LogP contribution in [0.5, 0.6) is 0 Å². The van der Waals surface area contributed by atoms with Gasteiger partial charge in [0.25, 0.3) is 11.8 Å². The topological polar surface area (TPSA) is 296 Å². The second kappa shape index (κ2) is 35.5. The fourth-order valence-corrected chi connectivity index (χ4v) is 9.56. The third kappa shape index (κ3) is 19.6. The lowest BCUT2D eigenvalue weighted by molar-refractivity contribution is 0.0468. The number of halogens is 2. The van der Waals surface area contributed by atoms with Gasteiger partial charge in [-0.25, -0.2) is 9.59 Å². The third-order valence-electron chi connectivity index (χ3n) is 13.2. The van der Waals surface area contributed by atoms with Crippen molar-refractivity contribution in [3.05, 3.63) is 142 Å². The van der Waals surface area contributed by atoms with Gasteiger partial charge >= 0.3 is 11.9 Å². The number of fused-ring (bicyclic) bond motifs is 4. The smallest absolute Gasteiger partial charge is 0.336 e. The number of carboxylic acids is 2. The van der Waals surface area contributed by atoms with Gasteiger partial charge in [-0.05, 0) is 116 Å². The van der Waals surface area contributed by atoms with E-state index >= 15 is 0 Å². The fourth-order valence-electron chi connectivity index (χ4n) is 9.18. The number of rotatable bonds is 30. The first-order chi connectivity index (χ1) is 39.8. The first kappa shape index (κ1) is 69.7. The van der Waals surface area contributed by atoms with Gasteiger partial charge in [-0.15, -0.1) is 23.2 Å². The highest BCUT2D eigenvalue weighted by Crippen LogP contribution is 2.43. The van der Waals surface area contributed by atoms with Crippen LogP contribution in [-0.2, 0) is 18.9 Å². The molecule has 2 aliphatic heterocycles. The second-order valence-electron chi connectivity index (χ2n) is 19.2. The van der Waals surface area contributed by atoms with Crippen molar-refractivity contribution in [2.24, 2.45) is 0 Å². The molecule has 10 N–H and O–H groups in total. The summed E-state index contributed by atoms with van der Waals surface area (Å²) in [5.74, 6) is -0.837. The number of carbonyl (C=O) groups is 4. The van der Waals surface area contributed by atoms with Crippen LogP contribution in [0.15, 0.2) is 118 Å². The minimum atomic E-state index is -1.17. The summed E-state index contributed by atoms with van der Waals surface area (Å²) in [6, 6.07) is 29.1. The van der Waals surface area contributed by atoms with Crippen LogP contribution < -0.4 is 32.8 Å². The first-order valence-corrected chi connectivity index (χ1v) is 28.2. The molecular weight excluding hydrogens is 1130 g/mol. The van der Waals surface area contributed by atoms with Crippen LogP contribution in [0.2, 0.25) is 0 Å². The molecular formula is C65H80Cl2N6O12. The molecule has 8 rings (SSSR count). The lowest BCUT2D eigenvalue weighted by Crippen LogP contribution is -2.28. The van der Waals surface area contributed by atoms with Gasteiger partial charge in [0.15, 0.2) is 0 Å². The SMILES string of the molecule is C.C.C.N=c1ccc2c(-c3cc(C(=O)NCCOCCOCCCCCCCl)ccc3C(=O)O)c3ccc(N)cc3oc-2c1.N=c1ccc2c(-c3ccc(C(=O)NCCOCCOCCCCCCCl)cc3C(=O)O)c3ccc(N)cc3oc-2c1. The van der Waals surface area contributed by atoms with Gasteiger partial charge in [-0.1, -0.05) is 54.0 Å². The Hall–Kier alpha value is -7.84. The van der Waals surface area contributed by atoms with E-state index in [0.29, 0.717) is 148 Å². The van der Waals surface area contributed by atoms with Crippen LogP contribution in [0.25, 0.3) is 66.8 Å². The monoisotopic (exact) mass is 1210 g/mol. The molecule has 2 heterocycles. The summed E-state index contributed by atoms with van der Waals surface area (Å²) in [7, 11) is 0. The molecule has 456 valence electrons. The van der Waals surface area contributed by atoms with Gasteiger partial charge in [0.2, 0.25) is 0 Å². The largest absolute Gasteiger partial charge is 0.478 e. The molecule has 0 atom stereocenters. The number of nitrogens with two attached hydrogens (primary N) is 2. The van der Waals surface area contributed by atoms with Crippen molar-refractivity contribution in [2.75, 3.05) is 89.2 Å². The van der Waals surface area contributed by atoms with Gasteiger partial charge in [0.1, 0.15) is 22.7 Å². The predicted molar refractivity (Wildman–Crippen MR) is 338 cm³/mol. The van der Waals surface area contributed by atoms with Crippen LogP contribution in [0.4, 0.5) is 11.4 Å². The number of hydrogen-bond acceptors (Lipinski definition) is 14. The maximum Gasteiger partial charge on any atom is 0.336 e. The van der Waals surface area contributed by atoms with E-state index in [1.165, 1.54) is 18.2 Å². The van der Waals surface area contributed by atoms with Crippen molar-refractivity contribution in [1.29, 1.82) is 10.8 Å². The van der Waals surface area contributed by atoms with E-state index in [2.05, 4.69) is 10.6 Å². The Balaban J connectivity index is 0.000000352. The summed E-state index contributed by atoms with van der Waals surface area (Å²) in [6.45, 7) is 4.39. The number of benzene rings is 6.